The first-order valence-corrected chi connectivity index (χ1v) is 9.17. The predicted octanol–water partition coefficient (Wildman–Crippen LogP) is 2.92. The predicted molar refractivity (Wildman–Crippen MR) is 104 cm³/mol. The van der Waals surface area contributed by atoms with Crippen molar-refractivity contribution in [2.24, 2.45) is 0 Å². The second-order valence-electron chi connectivity index (χ2n) is 6.78. The summed E-state index contributed by atoms with van der Waals surface area (Å²) in [6.45, 7) is 3.43. The molecule has 0 saturated carbocycles. The lowest BCUT2D eigenvalue weighted by atomic mass is 10.1. The molecule has 1 aromatic carbocycles. The number of halogens is 2. The van der Waals surface area contributed by atoms with E-state index in [1.807, 2.05) is 22.6 Å². The van der Waals surface area contributed by atoms with Crippen molar-refractivity contribution in [3.05, 3.63) is 29.2 Å². The SMILES string of the molecule is C[C@H](CO)Nc1ncc(Cl)c(-c2cc(F)c3nc4n(c3c2)CCCN4C)n1. The Morgan fingerprint density at radius 3 is 2.93 bits per heavy atom. The smallest absolute Gasteiger partial charge is 0.223 e. The molecule has 3 aromatic rings. The summed E-state index contributed by atoms with van der Waals surface area (Å²) in [6.07, 6.45) is 2.44. The quantitative estimate of drug-likeness (QED) is 0.713. The minimum Gasteiger partial charge on any atom is -0.394 e. The van der Waals surface area contributed by atoms with Crippen molar-refractivity contribution in [3.8, 4) is 11.3 Å². The average molecular weight is 391 g/mol. The fraction of sp³-hybridized carbons (Fsp3) is 0.389. The zero-order chi connectivity index (χ0) is 19.1. The van der Waals surface area contributed by atoms with Crippen LogP contribution in [-0.2, 0) is 6.54 Å². The first-order valence-electron chi connectivity index (χ1n) is 8.79. The monoisotopic (exact) mass is 390 g/mol. The third-order valence-corrected chi connectivity index (χ3v) is 4.95. The van der Waals surface area contributed by atoms with Crippen LogP contribution in [0.2, 0.25) is 5.02 Å². The summed E-state index contributed by atoms with van der Waals surface area (Å²) in [6, 6.07) is 3.05. The number of anilines is 2. The molecule has 9 heteroatoms. The molecule has 1 aliphatic rings. The number of hydrogen-bond acceptors (Lipinski definition) is 6. The molecule has 4 rings (SSSR count). The Kier molecular flexibility index (Phi) is 4.61. The van der Waals surface area contributed by atoms with E-state index in [0.717, 1.165) is 31.0 Å². The Morgan fingerprint density at radius 2 is 2.15 bits per heavy atom. The summed E-state index contributed by atoms with van der Waals surface area (Å²) in [5.41, 5.74) is 2.06. The lowest BCUT2D eigenvalue weighted by molar-refractivity contribution is 0.281. The van der Waals surface area contributed by atoms with E-state index in [1.165, 1.54) is 12.3 Å². The number of aromatic nitrogens is 4. The minimum absolute atomic E-state index is 0.0581. The maximum Gasteiger partial charge on any atom is 0.223 e. The largest absolute Gasteiger partial charge is 0.394 e. The van der Waals surface area contributed by atoms with Gasteiger partial charge in [0.2, 0.25) is 11.9 Å². The van der Waals surface area contributed by atoms with E-state index in [9.17, 15) is 9.50 Å². The van der Waals surface area contributed by atoms with Gasteiger partial charge in [0, 0.05) is 31.7 Å². The van der Waals surface area contributed by atoms with Crippen molar-refractivity contribution in [1.82, 2.24) is 19.5 Å². The second kappa shape index (κ2) is 6.94. The Morgan fingerprint density at radius 1 is 1.33 bits per heavy atom. The van der Waals surface area contributed by atoms with E-state index >= 15 is 0 Å². The van der Waals surface area contributed by atoms with E-state index in [2.05, 4.69) is 20.3 Å². The van der Waals surface area contributed by atoms with Crippen molar-refractivity contribution in [2.75, 3.05) is 30.4 Å². The van der Waals surface area contributed by atoms with Crippen LogP contribution in [0.25, 0.3) is 22.3 Å². The number of fused-ring (bicyclic) bond motifs is 3. The zero-order valence-electron chi connectivity index (χ0n) is 15.1. The van der Waals surface area contributed by atoms with E-state index in [0.29, 0.717) is 27.7 Å². The molecular formula is C18H20ClFN6O. The molecule has 1 aliphatic heterocycles. The van der Waals surface area contributed by atoms with Gasteiger partial charge in [0.15, 0.2) is 5.82 Å². The number of benzene rings is 1. The number of nitrogens with one attached hydrogen (secondary N) is 1. The van der Waals surface area contributed by atoms with Crippen LogP contribution in [0.5, 0.6) is 0 Å². The van der Waals surface area contributed by atoms with Gasteiger partial charge in [-0.2, -0.15) is 0 Å². The number of aliphatic hydroxyl groups excluding tert-OH is 1. The number of hydrogen-bond donors (Lipinski definition) is 2. The summed E-state index contributed by atoms with van der Waals surface area (Å²) in [7, 11) is 1.96. The van der Waals surface area contributed by atoms with Gasteiger partial charge in [-0.25, -0.2) is 19.3 Å². The van der Waals surface area contributed by atoms with Crippen LogP contribution < -0.4 is 10.2 Å². The topological polar surface area (TPSA) is 79.1 Å². The molecule has 0 spiro atoms. The Labute approximate surface area is 160 Å². The molecule has 2 N–H and O–H groups in total. The normalized spacial score (nSPS) is 15.1. The Hall–Kier alpha value is -2.45. The first kappa shape index (κ1) is 17.9. The molecule has 0 aliphatic carbocycles. The molecule has 0 amide bonds. The molecule has 7 nitrogen and oxygen atoms in total. The maximum atomic E-state index is 14.8. The summed E-state index contributed by atoms with van der Waals surface area (Å²) in [5, 5.41) is 12.5. The van der Waals surface area contributed by atoms with Gasteiger partial charge in [0.25, 0.3) is 0 Å². The van der Waals surface area contributed by atoms with Gasteiger partial charge >= 0.3 is 0 Å². The molecule has 3 heterocycles. The van der Waals surface area contributed by atoms with Gasteiger partial charge in [0.1, 0.15) is 5.52 Å². The molecular weight excluding hydrogens is 371 g/mol. The van der Waals surface area contributed by atoms with Crippen LogP contribution in [-0.4, -0.2) is 50.9 Å². The van der Waals surface area contributed by atoms with E-state index < -0.39 is 5.82 Å². The number of aliphatic hydroxyl groups is 1. The van der Waals surface area contributed by atoms with Gasteiger partial charge in [-0.05, 0) is 25.5 Å². The van der Waals surface area contributed by atoms with Crippen LogP contribution in [0.15, 0.2) is 18.3 Å². The molecule has 0 radical (unpaired) electrons. The van der Waals surface area contributed by atoms with E-state index in [-0.39, 0.29) is 12.6 Å². The van der Waals surface area contributed by atoms with Crippen molar-refractivity contribution < 1.29 is 9.50 Å². The molecule has 0 fully saturated rings. The standard InChI is InChI=1S/C18H20ClFN6O/c1-10(9-27)22-17-21-8-12(19)15(23-17)11-6-13(20)16-14(7-11)26-5-3-4-25(2)18(26)24-16/h6-8,10,27H,3-5,9H2,1-2H3,(H,21,22,23)/t10-/m1/s1. The summed E-state index contributed by atoms with van der Waals surface area (Å²) in [4.78, 5) is 15.0. The Balaban J connectivity index is 1.84. The number of rotatable bonds is 4. The lowest BCUT2D eigenvalue weighted by Gasteiger charge is -2.25. The van der Waals surface area contributed by atoms with Crippen molar-refractivity contribution in [1.29, 1.82) is 0 Å². The minimum atomic E-state index is -0.411. The van der Waals surface area contributed by atoms with Crippen LogP contribution in [0.3, 0.4) is 0 Å². The summed E-state index contributed by atoms with van der Waals surface area (Å²) in [5.74, 6) is 0.678. The molecule has 2 aromatic heterocycles. The molecule has 27 heavy (non-hydrogen) atoms. The summed E-state index contributed by atoms with van der Waals surface area (Å²) >= 11 is 6.29. The fourth-order valence-corrected chi connectivity index (χ4v) is 3.49. The van der Waals surface area contributed by atoms with Crippen LogP contribution >= 0.6 is 11.6 Å². The average Bonchev–Trinajstić information content (AvgIpc) is 3.04. The number of aryl methyl sites for hydroxylation is 1. The lowest BCUT2D eigenvalue weighted by Crippen LogP contribution is -2.28. The third-order valence-electron chi connectivity index (χ3n) is 4.67. The molecule has 1 atom stereocenters. The van der Waals surface area contributed by atoms with Crippen LogP contribution in [0.4, 0.5) is 16.3 Å². The van der Waals surface area contributed by atoms with Crippen LogP contribution in [0, 0.1) is 5.82 Å². The van der Waals surface area contributed by atoms with Gasteiger partial charge in [-0.3, -0.25) is 0 Å². The van der Waals surface area contributed by atoms with Crippen LogP contribution in [0.1, 0.15) is 13.3 Å². The highest BCUT2D eigenvalue weighted by Crippen LogP contribution is 2.33. The van der Waals surface area contributed by atoms with Crippen molar-refractivity contribution in [3.63, 3.8) is 0 Å². The second-order valence-corrected chi connectivity index (χ2v) is 7.19. The van der Waals surface area contributed by atoms with Gasteiger partial charge in [-0.15, -0.1) is 0 Å². The van der Waals surface area contributed by atoms with Crippen molar-refractivity contribution >= 4 is 34.5 Å². The molecule has 0 saturated heterocycles. The van der Waals surface area contributed by atoms with Crippen molar-refractivity contribution in [2.45, 2.75) is 25.9 Å². The maximum absolute atomic E-state index is 14.8. The zero-order valence-corrected chi connectivity index (χ0v) is 15.8. The van der Waals surface area contributed by atoms with Gasteiger partial charge < -0.3 is 19.9 Å². The number of nitrogens with zero attached hydrogens (tertiary/aromatic N) is 5. The fourth-order valence-electron chi connectivity index (χ4n) is 3.29. The first-order chi connectivity index (χ1) is 13.0. The Bertz CT molecular complexity index is 1010. The highest BCUT2D eigenvalue weighted by molar-refractivity contribution is 6.33. The molecule has 142 valence electrons. The molecule has 0 bridgehead atoms. The third kappa shape index (κ3) is 3.19. The molecule has 0 unspecified atom stereocenters. The van der Waals surface area contributed by atoms with Gasteiger partial charge in [-0.1, -0.05) is 11.6 Å². The number of imidazole rings is 1. The highest BCUT2D eigenvalue weighted by Gasteiger charge is 2.22. The summed E-state index contributed by atoms with van der Waals surface area (Å²) < 4.78 is 16.8. The van der Waals surface area contributed by atoms with E-state index in [1.54, 1.807) is 6.92 Å². The van der Waals surface area contributed by atoms with E-state index in [4.69, 9.17) is 11.6 Å². The highest BCUT2D eigenvalue weighted by atomic mass is 35.5. The van der Waals surface area contributed by atoms with Gasteiger partial charge in [0.05, 0.1) is 29.0 Å².